The van der Waals surface area contributed by atoms with E-state index in [0.29, 0.717) is 6.04 Å². The van der Waals surface area contributed by atoms with E-state index in [1.165, 1.54) is 5.56 Å². The lowest BCUT2D eigenvalue weighted by atomic mass is 10.1. The van der Waals surface area contributed by atoms with Gasteiger partial charge in [-0.2, -0.15) is 0 Å². The molecule has 82 valence electrons. The molecule has 1 aromatic rings. The van der Waals surface area contributed by atoms with E-state index in [1.54, 1.807) is 0 Å². The molecule has 0 unspecified atom stereocenters. The van der Waals surface area contributed by atoms with Gasteiger partial charge in [-0.25, -0.2) is 0 Å². The summed E-state index contributed by atoms with van der Waals surface area (Å²) < 4.78 is 0. The van der Waals surface area contributed by atoms with Gasteiger partial charge in [-0.1, -0.05) is 30.3 Å². The quantitative estimate of drug-likeness (QED) is 0.672. The van der Waals surface area contributed by atoms with Gasteiger partial charge in [-0.05, 0) is 18.5 Å². The second-order valence-electron chi connectivity index (χ2n) is 4.00. The Hall–Kier alpha value is -0.900. The lowest BCUT2D eigenvalue weighted by Crippen LogP contribution is -2.42. The van der Waals surface area contributed by atoms with Gasteiger partial charge in [-0.15, -0.1) is 0 Å². The first-order chi connectivity index (χ1) is 7.40. The van der Waals surface area contributed by atoms with Gasteiger partial charge in [0.15, 0.2) is 0 Å². The molecule has 3 N–H and O–H groups in total. The maximum absolute atomic E-state index is 9.13. The molecule has 1 saturated heterocycles. The Morgan fingerprint density at radius 1 is 1.33 bits per heavy atom. The highest BCUT2D eigenvalue weighted by atomic mass is 16.3. The van der Waals surface area contributed by atoms with E-state index in [0.717, 1.165) is 19.5 Å². The van der Waals surface area contributed by atoms with Crippen LogP contribution in [0.1, 0.15) is 12.0 Å². The average molecular weight is 206 g/mol. The fraction of sp³-hybridized carbons (Fsp3) is 0.500. The molecule has 3 nitrogen and oxygen atoms in total. The van der Waals surface area contributed by atoms with Gasteiger partial charge in [-0.3, -0.25) is 0 Å². The summed E-state index contributed by atoms with van der Waals surface area (Å²) in [4.78, 5) is 0. The summed E-state index contributed by atoms with van der Waals surface area (Å²) in [6.45, 7) is 2.09. The van der Waals surface area contributed by atoms with Crippen LogP contribution < -0.4 is 10.6 Å². The van der Waals surface area contributed by atoms with Crippen LogP contribution in [-0.4, -0.2) is 30.3 Å². The van der Waals surface area contributed by atoms with Crippen molar-refractivity contribution in [3.63, 3.8) is 0 Å². The highest BCUT2D eigenvalue weighted by Gasteiger charge is 2.24. The van der Waals surface area contributed by atoms with Crippen LogP contribution in [0.2, 0.25) is 0 Å². The summed E-state index contributed by atoms with van der Waals surface area (Å²) in [7, 11) is 0. The molecule has 2 atom stereocenters. The van der Waals surface area contributed by atoms with Crippen LogP contribution in [0.15, 0.2) is 30.3 Å². The second kappa shape index (κ2) is 5.26. The van der Waals surface area contributed by atoms with Crippen molar-refractivity contribution in [2.75, 3.05) is 13.2 Å². The molecule has 0 amide bonds. The van der Waals surface area contributed by atoms with Crippen molar-refractivity contribution < 1.29 is 5.11 Å². The average Bonchev–Trinajstić information content (AvgIpc) is 2.75. The number of rotatable bonds is 4. The maximum atomic E-state index is 9.13. The molecule has 1 aliphatic rings. The first kappa shape index (κ1) is 10.6. The summed E-state index contributed by atoms with van der Waals surface area (Å²) in [6.07, 6.45) is 1.10. The zero-order chi connectivity index (χ0) is 10.5. The Morgan fingerprint density at radius 2 is 2.13 bits per heavy atom. The standard InChI is InChI=1S/C12H18N2O/c15-9-12-11(6-7-13-12)14-8-10-4-2-1-3-5-10/h1-5,11-15H,6-9H2/t11-,12+/m0/s1. The van der Waals surface area contributed by atoms with Gasteiger partial charge in [0.05, 0.1) is 6.61 Å². The van der Waals surface area contributed by atoms with Crippen LogP contribution in [-0.2, 0) is 6.54 Å². The van der Waals surface area contributed by atoms with Crippen molar-refractivity contribution in [1.82, 2.24) is 10.6 Å². The summed E-state index contributed by atoms with van der Waals surface area (Å²) in [5.74, 6) is 0. The first-order valence-corrected chi connectivity index (χ1v) is 5.51. The fourth-order valence-electron chi connectivity index (χ4n) is 2.05. The Labute approximate surface area is 90.5 Å². The molecule has 0 bridgehead atoms. The monoisotopic (exact) mass is 206 g/mol. The van der Waals surface area contributed by atoms with Crippen molar-refractivity contribution in [3.8, 4) is 0 Å². The molecule has 1 aliphatic heterocycles. The third-order valence-electron chi connectivity index (χ3n) is 2.96. The van der Waals surface area contributed by atoms with Crippen LogP contribution in [0.3, 0.4) is 0 Å². The maximum Gasteiger partial charge on any atom is 0.0599 e. The minimum atomic E-state index is 0.215. The van der Waals surface area contributed by atoms with Gasteiger partial charge in [0.2, 0.25) is 0 Å². The number of aliphatic hydroxyl groups is 1. The third kappa shape index (κ3) is 2.78. The topological polar surface area (TPSA) is 44.3 Å². The molecule has 0 spiro atoms. The zero-order valence-corrected chi connectivity index (χ0v) is 8.82. The van der Waals surface area contributed by atoms with Crippen LogP contribution >= 0.6 is 0 Å². The largest absolute Gasteiger partial charge is 0.395 e. The predicted molar refractivity (Wildman–Crippen MR) is 60.6 cm³/mol. The van der Waals surface area contributed by atoms with Gasteiger partial charge in [0.25, 0.3) is 0 Å². The number of hydrogen-bond acceptors (Lipinski definition) is 3. The molecular formula is C12H18N2O. The minimum Gasteiger partial charge on any atom is -0.395 e. The van der Waals surface area contributed by atoms with Crippen molar-refractivity contribution in [2.24, 2.45) is 0 Å². The molecule has 15 heavy (non-hydrogen) atoms. The molecule has 0 aromatic heterocycles. The van der Waals surface area contributed by atoms with E-state index in [-0.39, 0.29) is 12.6 Å². The number of hydrogen-bond donors (Lipinski definition) is 3. The van der Waals surface area contributed by atoms with Crippen LogP contribution in [0.5, 0.6) is 0 Å². The number of benzene rings is 1. The summed E-state index contributed by atoms with van der Waals surface area (Å²) in [5.41, 5.74) is 1.29. The highest BCUT2D eigenvalue weighted by molar-refractivity contribution is 5.14. The second-order valence-corrected chi connectivity index (χ2v) is 4.00. The summed E-state index contributed by atoms with van der Waals surface area (Å²) >= 11 is 0. The van der Waals surface area contributed by atoms with Gasteiger partial charge in [0.1, 0.15) is 0 Å². The van der Waals surface area contributed by atoms with Crippen molar-refractivity contribution in [3.05, 3.63) is 35.9 Å². The fourth-order valence-corrected chi connectivity index (χ4v) is 2.05. The SMILES string of the molecule is OC[C@H]1NCC[C@@H]1NCc1ccccc1. The van der Waals surface area contributed by atoms with Gasteiger partial charge in [0, 0.05) is 18.6 Å². The van der Waals surface area contributed by atoms with Crippen molar-refractivity contribution in [1.29, 1.82) is 0 Å². The van der Waals surface area contributed by atoms with E-state index < -0.39 is 0 Å². The smallest absolute Gasteiger partial charge is 0.0599 e. The molecule has 1 fully saturated rings. The van der Waals surface area contributed by atoms with E-state index in [2.05, 4.69) is 22.8 Å². The first-order valence-electron chi connectivity index (χ1n) is 5.51. The zero-order valence-electron chi connectivity index (χ0n) is 8.82. The predicted octanol–water partition coefficient (Wildman–Crippen LogP) is 0.499. The van der Waals surface area contributed by atoms with E-state index in [4.69, 9.17) is 5.11 Å². The molecule has 1 heterocycles. The van der Waals surface area contributed by atoms with Crippen LogP contribution in [0, 0.1) is 0 Å². The lowest BCUT2D eigenvalue weighted by Gasteiger charge is -2.18. The molecule has 1 aromatic carbocycles. The molecule has 0 saturated carbocycles. The molecule has 2 rings (SSSR count). The van der Waals surface area contributed by atoms with E-state index >= 15 is 0 Å². The lowest BCUT2D eigenvalue weighted by molar-refractivity contribution is 0.235. The highest BCUT2D eigenvalue weighted by Crippen LogP contribution is 2.07. The Morgan fingerprint density at radius 3 is 2.87 bits per heavy atom. The van der Waals surface area contributed by atoms with Gasteiger partial charge < -0.3 is 15.7 Å². The van der Waals surface area contributed by atoms with Gasteiger partial charge >= 0.3 is 0 Å². The molecule has 3 heteroatoms. The number of aliphatic hydroxyl groups excluding tert-OH is 1. The van der Waals surface area contributed by atoms with Crippen molar-refractivity contribution in [2.45, 2.75) is 25.0 Å². The van der Waals surface area contributed by atoms with Crippen molar-refractivity contribution >= 4 is 0 Å². The third-order valence-corrected chi connectivity index (χ3v) is 2.96. The molecule has 0 radical (unpaired) electrons. The Balaban J connectivity index is 1.83. The summed E-state index contributed by atoms with van der Waals surface area (Å²) in [6, 6.07) is 11.0. The van der Waals surface area contributed by atoms with Crippen LogP contribution in [0.25, 0.3) is 0 Å². The Bertz CT molecular complexity index is 289. The Kier molecular flexibility index (Phi) is 3.72. The molecular weight excluding hydrogens is 188 g/mol. The number of nitrogens with one attached hydrogen (secondary N) is 2. The van der Waals surface area contributed by atoms with E-state index in [9.17, 15) is 0 Å². The van der Waals surface area contributed by atoms with E-state index in [1.807, 2.05) is 18.2 Å². The van der Waals surface area contributed by atoms with Crippen LogP contribution in [0.4, 0.5) is 0 Å². The molecule has 0 aliphatic carbocycles. The normalized spacial score (nSPS) is 25.7. The minimum absolute atomic E-state index is 0.215. The summed E-state index contributed by atoms with van der Waals surface area (Å²) in [5, 5.41) is 15.9.